The molecule has 1 saturated heterocycles. The maximum absolute atomic E-state index is 13.5. The van der Waals surface area contributed by atoms with E-state index in [0.29, 0.717) is 56.4 Å². The highest BCUT2D eigenvalue weighted by Crippen LogP contribution is 2.35. The number of amides is 3. The Morgan fingerprint density at radius 3 is 2.71 bits per heavy atom. The van der Waals surface area contributed by atoms with Crippen LogP contribution in [0.1, 0.15) is 38.3 Å². The molecule has 3 amide bonds. The van der Waals surface area contributed by atoms with Crippen molar-refractivity contribution in [1.29, 1.82) is 0 Å². The summed E-state index contributed by atoms with van der Waals surface area (Å²) in [6, 6.07) is 15.5. The molecule has 4 aromatic rings. The average molecular weight is 587 g/mol. The van der Waals surface area contributed by atoms with Gasteiger partial charge in [0, 0.05) is 37.5 Å². The number of fused-ring (bicyclic) bond motifs is 5. The van der Waals surface area contributed by atoms with Gasteiger partial charge in [0.25, 0.3) is 5.91 Å². The van der Waals surface area contributed by atoms with Crippen LogP contribution in [0.25, 0.3) is 10.9 Å². The fourth-order valence-electron chi connectivity index (χ4n) is 5.90. The molecule has 0 saturated carbocycles. The molecule has 2 aliphatic rings. The number of aryl methyl sites for hydroxylation is 2. The van der Waals surface area contributed by atoms with Crippen LogP contribution in [0.3, 0.4) is 0 Å². The Hall–Kier alpha value is -4.25. The second-order valence-electron chi connectivity index (χ2n) is 10.9. The maximum Gasteiger partial charge on any atom is 0.265 e. The molecule has 2 aliphatic heterocycles. The van der Waals surface area contributed by atoms with Gasteiger partial charge in [-0.1, -0.05) is 30.3 Å². The first kappa shape index (κ1) is 27.9. The first-order valence-corrected chi connectivity index (χ1v) is 15.1. The Labute approximate surface area is 248 Å². The van der Waals surface area contributed by atoms with Gasteiger partial charge in [0.1, 0.15) is 23.8 Å². The molecule has 2 aromatic heterocycles. The Bertz CT molecular complexity index is 1630. The smallest absolute Gasteiger partial charge is 0.265 e. The second kappa shape index (κ2) is 11.9. The lowest BCUT2D eigenvalue weighted by atomic mass is 9.88. The van der Waals surface area contributed by atoms with Crippen LogP contribution in [-0.4, -0.2) is 81.6 Å². The van der Waals surface area contributed by atoms with Crippen LogP contribution in [-0.2, 0) is 16.1 Å². The van der Waals surface area contributed by atoms with E-state index in [9.17, 15) is 14.4 Å². The summed E-state index contributed by atoms with van der Waals surface area (Å²) >= 11 is 1.40. The molecule has 10 nitrogen and oxygen atoms in total. The number of hydrogen-bond donors (Lipinski definition) is 1. The molecular formula is C31H34N6O4S. The topological polar surface area (TPSA) is 110 Å². The number of likely N-dealkylation sites (tertiary alicyclic amines) is 1. The lowest BCUT2D eigenvalue weighted by Crippen LogP contribution is -2.39. The minimum absolute atomic E-state index is 0.0659. The zero-order valence-electron chi connectivity index (χ0n) is 23.8. The van der Waals surface area contributed by atoms with Crippen molar-refractivity contribution in [3.05, 3.63) is 75.9 Å². The number of thiazole rings is 1. The van der Waals surface area contributed by atoms with Crippen LogP contribution in [0, 0.1) is 19.8 Å². The van der Waals surface area contributed by atoms with E-state index in [-0.39, 0.29) is 30.2 Å². The fourth-order valence-corrected chi connectivity index (χ4v) is 6.79. The molecule has 4 heterocycles. The van der Waals surface area contributed by atoms with Crippen LogP contribution in [0.15, 0.2) is 54.7 Å². The number of nitrogens with zero attached hydrogens (tertiary/aromatic N) is 5. The third kappa shape index (κ3) is 5.74. The molecule has 1 N–H and O–H groups in total. The van der Waals surface area contributed by atoms with Gasteiger partial charge in [0.05, 0.1) is 34.9 Å². The SMILES string of the molecule is Cc1nc(C)c(C(=O)N2CCCNC(=O)[C@H]3CN(C(=O)Cn4ncc5ccccc54)C[C@@H]3c3cccc(c3)OCC2)s1. The minimum atomic E-state index is -0.401. The van der Waals surface area contributed by atoms with Crippen molar-refractivity contribution in [3.8, 4) is 5.75 Å². The van der Waals surface area contributed by atoms with Gasteiger partial charge < -0.3 is 19.9 Å². The van der Waals surface area contributed by atoms with Gasteiger partial charge in [-0.25, -0.2) is 4.98 Å². The van der Waals surface area contributed by atoms with Crippen molar-refractivity contribution in [2.24, 2.45) is 5.92 Å². The van der Waals surface area contributed by atoms with Crippen molar-refractivity contribution in [3.63, 3.8) is 0 Å². The molecule has 6 rings (SSSR count). The molecule has 0 spiro atoms. The van der Waals surface area contributed by atoms with E-state index < -0.39 is 5.92 Å². The molecule has 0 aliphatic carbocycles. The van der Waals surface area contributed by atoms with Gasteiger partial charge in [0.2, 0.25) is 11.8 Å². The summed E-state index contributed by atoms with van der Waals surface area (Å²) in [5.41, 5.74) is 2.59. The summed E-state index contributed by atoms with van der Waals surface area (Å²) in [4.78, 5) is 48.9. The highest BCUT2D eigenvalue weighted by molar-refractivity contribution is 7.13. The summed E-state index contributed by atoms with van der Waals surface area (Å²) < 4.78 is 7.82. The summed E-state index contributed by atoms with van der Waals surface area (Å²) in [7, 11) is 0. The lowest BCUT2D eigenvalue weighted by Gasteiger charge is -2.24. The molecule has 0 radical (unpaired) electrons. The van der Waals surface area contributed by atoms with Crippen molar-refractivity contribution in [2.45, 2.75) is 32.7 Å². The largest absolute Gasteiger partial charge is 0.492 e. The van der Waals surface area contributed by atoms with Gasteiger partial charge in [-0.05, 0) is 44.0 Å². The minimum Gasteiger partial charge on any atom is -0.492 e. The third-order valence-electron chi connectivity index (χ3n) is 8.05. The number of ether oxygens (including phenoxy) is 1. The molecule has 11 heteroatoms. The Balaban J connectivity index is 1.19. The van der Waals surface area contributed by atoms with Crippen LogP contribution in [0.2, 0.25) is 0 Å². The Morgan fingerprint density at radius 1 is 1.05 bits per heavy atom. The fraction of sp³-hybridized carbons (Fsp3) is 0.387. The number of nitrogens with one attached hydrogen (secondary N) is 1. The van der Waals surface area contributed by atoms with Crippen LogP contribution < -0.4 is 10.1 Å². The van der Waals surface area contributed by atoms with E-state index in [1.54, 1.807) is 20.7 Å². The number of para-hydroxylation sites is 1. The van der Waals surface area contributed by atoms with Crippen molar-refractivity contribution in [2.75, 3.05) is 39.3 Å². The Kier molecular flexibility index (Phi) is 7.92. The van der Waals surface area contributed by atoms with E-state index in [4.69, 9.17) is 4.74 Å². The number of carbonyl (C=O) groups excluding carboxylic acids is 3. The Morgan fingerprint density at radius 2 is 1.88 bits per heavy atom. The lowest BCUT2D eigenvalue weighted by molar-refractivity contribution is -0.131. The van der Waals surface area contributed by atoms with E-state index >= 15 is 0 Å². The number of carbonyl (C=O) groups is 3. The van der Waals surface area contributed by atoms with Crippen molar-refractivity contribution < 1.29 is 19.1 Å². The zero-order chi connectivity index (χ0) is 29.2. The second-order valence-corrected chi connectivity index (χ2v) is 12.1. The summed E-state index contributed by atoms with van der Waals surface area (Å²) in [6.45, 7) is 6.30. The number of rotatable bonds is 3. The summed E-state index contributed by atoms with van der Waals surface area (Å²) in [5, 5.41) is 9.34. The molecule has 0 unspecified atom stereocenters. The predicted octanol–water partition coefficient (Wildman–Crippen LogP) is 3.39. The predicted molar refractivity (Wildman–Crippen MR) is 160 cm³/mol. The van der Waals surface area contributed by atoms with Gasteiger partial charge in [-0.3, -0.25) is 19.1 Å². The van der Waals surface area contributed by atoms with Gasteiger partial charge in [-0.15, -0.1) is 11.3 Å². The number of aromatic nitrogens is 3. The van der Waals surface area contributed by atoms with Crippen LogP contribution in [0.4, 0.5) is 0 Å². The summed E-state index contributed by atoms with van der Waals surface area (Å²) in [5.74, 6) is -0.114. The average Bonchev–Trinajstić information content (AvgIpc) is 3.70. The standard InChI is InChI=1S/C31H34N6O4S/c1-20-29(42-21(2)34-20)31(40)35-12-6-11-32-30(39)26-18-36(17-25(26)22-8-5-9-24(15-22)41-14-13-35)28(38)19-37-27-10-4-3-7-23(27)16-33-37/h3-5,7-10,15-16,25-26H,6,11-14,17-19H2,1-2H3,(H,32,39)/t25-,26+/m1/s1. The normalized spacial score (nSPS) is 19.6. The molecule has 218 valence electrons. The van der Waals surface area contributed by atoms with Crippen LogP contribution >= 0.6 is 11.3 Å². The van der Waals surface area contributed by atoms with Crippen LogP contribution in [0.5, 0.6) is 5.75 Å². The molecule has 42 heavy (non-hydrogen) atoms. The van der Waals surface area contributed by atoms with E-state index in [2.05, 4.69) is 15.4 Å². The van der Waals surface area contributed by atoms with Crippen molar-refractivity contribution in [1.82, 2.24) is 29.9 Å². The van der Waals surface area contributed by atoms with E-state index in [1.807, 2.05) is 62.4 Å². The first-order valence-electron chi connectivity index (χ1n) is 14.3. The van der Waals surface area contributed by atoms with E-state index in [0.717, 1.165) is 27.2 Å². The van der Waals surface area contributed by atoms with Crippen molar-refractivity contribution >= 4 is 40.0 Å². The molecule has 2 bridgehead atoms. The van der Waals surface area contributed by atoms with Gasteiger partial charge in [-0.2, -0.15) is 5.10 Å². The quantitative estimate of drug-likeness (QED) is 0.394. The molecule has 1 fully saturated rings. The summed E-state index contributed by atoms with van der Waals surface area (Å²) in [6.07, 6.45) is 2.37. The van der Waals surface area contributed by atoms with Gasteiger partial charge >= 0.3 is 0 Å². The first-order chi connectivity index (χ1) is 20.4. The highest BCUT2D eigenvalue weighted by atomic mass is 32.1. The molecular weight excluding hydrogens is 552 g/mol. The maximum atomic E-state index is 13.5. The van der Waals surface area contributed by atoms with E-state index in [1.165, 1.54) is 11.3 Å². The third-order valence-corrected chi connectivity index (χ3v) is 9.11. The number of benzene rings is 2. The molecule has 2 atom stereocenters. The monoisotopic (exact) mass is 586 g/mol. The van der Waals surface area contributed by atoms with Gasteiger partial charge in [0.15, 0.2) is 0 Å². The zero-order valence-corrected chi connectivity index (χ0v) is 24.6. The molecule has 2 aromatic carbocycles. The highest BCUT2D eigenvalue weighted by Gasteiger charge is 2.40. The number of hydrogen-bond acceptors (Lipinski definition) is 7.